The highest BCUT2D eigenvalue weighted by Crippen LogP contribution is 2.37. The average molecular weight is 388 g/mol. The van der Waals surface area contributed by atoms with Crippen molar-refractivity contribution in [3.8, 4) is 11.4 Å². The zero-order chi connectivity index (χ0) is 20.1. The Bertz CT molecular complexity index is 1060. The van der Waals surface area contributed by atoms with Crippen molar-refractivity contribution in [3.05, 3.63) is 52.6 Å². The minimum atomic E-state index is 0.575. The molecule has 1 aliphatic heterocycles. The smallest absolute Gasteiger partial charge is 0.226 e. The Hall–Kier alpha value is -2.09. The fourth-order valence-corrected chi connectivity index (χ4v) is 5.80. The van der Waals surface area contributed by atoms with Crippen LogP contribution in [0.3, 0.4) is 0 Å². The van der Waals surface area contributed by atoms with E-state index in [0.717, 1.165) is 12.5 Å². The van der Waals surface area contributed by atoms with Gasteiger partial charge < -0.3 is 0 Å². The van der Waals surface area contributed by atoms with Gasteiger partial charge in [0.05, 0.1) is 19.2 Å². The monoisotopic (exact) mass is 387 g/mol. The van der Waals surface area contributed by atoms with E-state index in [0.29, 0.717) is 5.92 Å². The second kappa shape index (κ2) is 7.31. The molecule has 3 aromatic rings. The van der Waals surface area contributed by atoms with Gasteiger partial charge in [0.2, 0.25) is 0 Å². The molecule has 2 aliphatic rings. The summed E-state index contributed by atoms with van der Waals surface area (Å²) in [5.41, 5.74) is 10.3. The molecule has 2 heteroatoms. The largest absolute Gasteiger partial charge is 0.289 e. The molecule has 2 aromatic carbocycles. The first-order valence-corrected chi connectivity index (χ1v) is 11.7. The van der Waals surface area contributed by atoms with Crippen molar-refractivity contribution in [2.75, 3.05) is 0 Å². The maximum atomic E-state index is 2.61. The zero-order valence-corrected chi connectivity index (χ0v) is 18.6. The Morgan fingerprint density at radius 1 is 1.00 bits per heavy atom. The molecule has 0 bridgehead atoms. The average Bonchev–Trinajstić information content (AvgIpc) is 3.02. The highest BCUT2D eigenvalue weighted by Gasteiger charge is 2.31. The normalized spacial score (nSPS) is 17.4. The maximum absolute atomic E-state index is 2.61. The second-order valence-electron chi connectivity index (χ2n) is 9.75. The predicted molar refractivity (Wildman–Crippen MR) is 122 cm³/mol. The summed E-state index contributed by atoms with van der Waals surface area (Å²) in [7, 11) is 2.28. The van der Waals surface area contributed by atoms with Gasteiger partial charge in [0.15, 0.2) is 11.0 Å². The third kappa shape index (κ3) is 3.12. The Labute approximate surface area is 175 Å². The minimum absolute atomic E-state index is 0.575. The number of hydrogen-bond donors (Lipinski definition) is 0. The van der Waals surface area contributed by atoms with Gasteiger partial charge in [-0.2, -0.15) is 0 Å². The lowest BCUT2D eigenvalue weighted by molar-refractivity contribution is -0.664. The van der Waals surface area contributed by atoms with Crippen molar-refractivity contribution in [3.63, 3.8) is 0 Å². The van der Waals surface area contributed by atoms with Crippen molar-refractivity contribution in [2.45, 2.75) is 84.1 Å². The molecule has 5 rings (SSSR count). The number of imidazole rings is 1. The summed E-state index contributed by atoms with van der Waals surface area (Å²) in [5.74, 6) is 2.73. The van der Waals surface area contributed by atoms with Crippen molar-refractivity contribution in [2.24, 2.45) is 7.05 Å². The van der Waals surface area contributed by atoms with Crippen LogP contribution in [-0.2, 0) is 20.0 Å². The molecule has 0 unspecified atom stereocenters. The van der Waals surface area contributed by atoms with E-state index in [-0.39, 0.29) is 0 Å². The molecule has 1 aliphatic carbocycles. The van der Waals surface area contributed by atoms with Crippen LogP contribution in [0.1, 0.15) is 86.5 Å². The van der Waals surface area contributed by atoms with Gasteiger partial charge in [-0.05, 0) is 73.3 Å². The summed E-state index contributed by atoms with van der Waals surface area (Å²) in [6, 6.07) is 12.2. The first-order valence-electron chi connectivity index (χ1n) is 11.7. The van der Waals surface area contributed by atoms with E-state index in [1.54, 1.807) is 11.1 Å². The number of rotatable bonds is 3. The van der Waals surface area contributed by atoms with Crippen molar-refractivity contribution < 1.29 is 4.57 Å². The highest BCUT2D eigenvalue weighted by atomic mass is 15.2. The van der Waals surface area contributed by atoms with Crippen LogP contribution in [0.25, 0.3) is 22.4 Å². The fraction of sp³-hybridized carbons (Fsp3) is 0.519. The number of aromatic nitrogens is 2. The minimum Gasteiger partial charge on any atom is -0.226 e. The van der Waals surface area contributed by atoms with Crippen molar-refractivity contribution in [1.29, 1.82) is 0 Å². The SMILES string of the molecule is Cc1cc(C(C)C)ccc1-c1n(C)c2cc(C3CCCCC3)cc3c2[n+]1CCC3. The van der Waals surface area contributed by atoms with Crippen LogP contribution in [0, 0.1) is 6.92 Å². The van der Waals surface area contributed by atoms with Crippen LogP contribution in [0.5, 0.6) is 0 Å². The van der Waals surface area contributed by atoms with Gasteiger partial charge >= 0.3 is 0 Å². The molecule has 1 saturated carbocycles. The van der Waals surface area contributed by atoms with Crippen LogP contribution < -0.4 is 4.57 Å². The standard InChI is InChI=1S/C27H35N2/c1-18(2)21-12-13-24(19(3)15-21)27-28(4)25-17-23(20-9-6-5-7-10-20)16-22-11-8-14-29(27)26(22)25/h12-13,15-18,20H,5-11,14H2,1-4H3/q+1. The molecular weight excluding hydrogens is 352 g/mol. The van der Waals surface area contributed by atoms with E-state index in [1.165, 1.54) is 78.5 Å². The predicted octanol–water partition coefficient (Wildman–Crippen LogP) is 6.56. The van der Waals surface area contributed by atoms with E-state index in [1.807, 2.05) is 0 Å². The van der Waals surface area contributed by atoms with Crippen LogP contribution in [0.2, 0.25) is 0 Å². The third-order valence-corrected chi connectivity index (χ3v) is 7.46. The highest BCUT2D eigenvalue weighted by molar-refractivity contribution is 5.81. The molecule has 0 amide bonds. The molecular formula is C27H35N2+. The molecule has 1 aromatic heterocycles. The molecule has 2 heterocycles. The Balaban J connectivity index is 1.70. The molecule has 2 nitrogen and oxygen atoms in total. The lowest BCUT2D eigenvalue weighted by Gasteiger charge is -2.23. The third-order valence-electron chi connectivity index (χ3n) is 7.46. The molecule has 29 heavy (non-hydrogen) atoms. The van der Waals surface area contributed by atoms with Crippen LogP contribution in [-0.4, -0.2) is 4.57 Å². The summed E-state index contributed by atoms with van der Waals surface area (Å²) < 4.78 is 5.09. The van der Waals surface area contributed by atoms with Crippen molar-refractivity contribution >= 4 is 11.0 Å². The summed E-state index contributed by atoms with van der Waals surface area (Å²) >= 11 is 0. The maximum Gasteiger partial charge on any atom is 0.289 e. The summed E-state index contributed by atoms with van der Waals surface area (Å²) in [6.07, 6.45) is 9.45. The van der Waals surface area contributed by atoms with E-state index >= 15 is 0 Å². The summed E-state index contributed by atoms with van der Waals surface area (Å²) in [6.45, 7) is 7.98. The molecule has 0 spiro atoms. The quantitative estimate of drug-likeness (QED) is 0.450. The van der Waals surface area contributed by atoms with Gasteiger partial charge in [-0.25, -0.2) is 9.13 Å². The Morgan fingerprint density at radius 3 is 2.52 bits per heavy atom. The van der Waals surface area contributed by atoms with Crippen LogP contribution in [0.4, 0.5) is 0 Å². The number of aryl methyl sites for hydroxylation is 4. The van der Waals surface area contributed by atoms with Crippen LogP contribution >= 0.6 is 0 Å². The van der Waals surface area contributed by atoms with E-state index < -0.39 is 0 Å². The molecule has 0 atom stereocenters. The Kier molecular flexibility index (Phi) is 4.76. The number of nitrogens with zero attached hydrogens (tertiary/aromatic N) is 2. The van der Waals surface area contributed by atoms with Crippen molar-refractivity contribution in [1.82, 2.24) is 4.57 Å². The van der Waals surface area contributed by atoms with Gasteiger partial charge in [-0.3, -0.25) is 0 Å². The van der Waals surface area contributed by atoms with Crippen LogP contribution in [0.15, 0.2) is 30.3 Å². The molecule has 152 valence electrons. The van der Waals surface area contributed by atoms with E-state index in [4.69, 9.17) is 0 Å². The van der Waals surface area contributed by atoms with Gasteiger partial charge in [0, 0.05) is 5.56 Å². The molecule has 0 radical (unpaired) electrons. The lowest BCUT2D eigenvalue weighted by Crippen LogP contribution is -2.39. The second-order valence-corrected chi connectivity index (χ2v) is 9.75. The number of hydrogen-bond acceptors (Lipinski definition) is 0. The first-order chi connectivity index (χ1) is 14.0. The van der Waals surface area contributed by atoms with Gasteiger partial charge in [-0.15, -0.1) is 0 Å². The molecule has 0 N–H and O–H groups in total. The number of benzene rings is 2. The lowest BCUT2D eigenvalue weighted by atomic mass is 9.83. The van der Waals surface area contributed by atoms with Gasteiger partial charge in [0.25, 0.3) is 5.82 Å². The summed E-state index contributed by atoms with van der Waals surface area (Å²) in [4.78, 5) is 0. The summed E-state index contributed by atoms with van der Waals surface area (Å²) in [5, 5.41) is 0. The van der Waals surface area contributed by atoms with E-state index in [2.05, 4.69) is 67.3 Å². The molecule has 0 saturated heterocycles. The van der Waals surface area contributed by atoms with E-state index in [9.17, 15) is 0 Å². The topological polar surface area (TPSA) is 8.81 Å². The van der Waals surface area contributed by atoms with Gasteiger partial charge in [0.1, 0.15) is 0 Å². The molecule has 1 fully saturated rings. The Morgan fingerprint density at radius 2 is 1.79 bits per heavy atom. The fourth-order valence-electron chi connectivity index (χ4n) is 5.80. The van der Waals surface area contributed by atoms with Gasteiger partial charge in [-0.1, -0.05) is 51.3 Å². The zero-order valence-electron chi connectivity index (χ0n) is 18.6. The first kappa shape index (κ1) is 18.9.